The predicted molar refractivity (Wildman–Crippen MR) is 89.9 cm³/mol. The molecule has 4 heteroatoms. The second kappa shape index (κ2) is 6.34. The van der Waals surface area contributed by atoms with Gasteiger partial charge in [0.15, 0.2) is 0 Å². The molecule has 112 valence electrons. The van der Waals surface area contributed by atoms with E-state index in [4.69, 9.17) is 9.47 Å². The van der Waals surface area contributed by atoms with Crippen LogP contribution in [0, 0.1) is 0 Å². The number of nitrogens with one attached hydrogen (secondary N) is 1. The van der Waals surface area contributed by atoms with Crippen LogP contribution in [0.15, 0.2) is 40.9 Å². The Morgan fingerprint density at radius 3 is 2.71 bits per heavy atom. The lowest BCUT2D eigenvalue weighted by atomic mass is 9.85. The van der Waals surface area contributed by atoms with Crippen molar-refractivity contribution in [3.05, 3.63) is 40.9 Å². The minimum atomic E-state index is 0.130. The summed E-state index contributed by atoms with van der Waals surface area (Å²) in [5, 5.41) is 6.03. The molecule has 3 unspecified atom stereocenters. The van der Waals surface area contributed by atoms with Crippen LogP contribution < -0.4 is 5.32 Å². The first-order chi connectivity index (χ1) is 10.2. The summed E-state index contributed by atoms with van der Waals surface area (Å²) in [5.41, 5.74) is 1.13. The number of methoxy groups -OCH3 is 1. The maximum absolute atomic E-state index is 5.66. The molecule has 21 heavy (non-hydrogen) atoms. The summed E-state index contributed by atoms with van der Waals surface area (Å²) in [4.78, 5) is 0. The van der Waals surface area contributed by atoms with E-state index >= 15 is 0 Å². The summed E-state index contributed by atoms with van der Waals surface area (Å²) in [6.07, 6.45) is 1.34. The second-order valence-electron chi connectivity index (χ2n) is 5.39. The number of benzene rings is 2. The minimum Gasteiger partial charge on any atom is -0.379 e. The van der Waals surface area contributed by atoms with Crippen molar-refractivity contribution < 1.29 is 9.47 Å². The molecule has 0 heterocycles. The van der Waals surface area contributed by atoms with Crippen LogP contribution in [0.3, 0.4) is 0 Å². The molecule has 0 bridgehead atoms. The average Bonchev–Trinajstić information content (AvgIpc) is 2.46. The quantitative estimate of drug-likeness (QED) is 0.876. The van der Waals surface area contributed by atoms with E-state index < -0.39 is 0 Å². The highest BCUT2D eigenvalue weighted by molar-refractivity contribution is 9.10. The lowest BCUT2D eigenvalue weighted by Gasteiger charge is -2.43. The topological polar surface area (TPSA) is 30.5 Å². The molecule has 0 aliphatic heterocycles. The SMILES string of the molecule is CCOC1CC(Nc2ccc3cc(Br)ccc3c2)C1OC. The lowest BCUT2D eigenvalue weighted by molar-refractivity contribution is -0.118. The van der Waals surface area contributed by atoms with Crippen LogP contribution in [0.25, 0.3) is 10.8 Å². The smallest absolute Gasteiger partial charge is 0.103 e. The highest BCUT2D eigenvalue weighted by Gasteiger charge is 2.42. The van der Waals surface area contributed by atoms with E-state index in [-0.39, 0.29) is 12.2 Å². The Labute approximate surface area is 133 Å². The van der Waals surface area contributed by atoms with Gasteiger partial charge in [0.05, 0.1) is 12.1 Å². The minimum absolute atomic E-state index is 0.130. The van der Waals surface area contributed by atoms with Gasteiger partial charge in [0.2, 0.25) is 0 Å². The van der Waals surface area contributed by atoms with Crippen molar-refractivity contribution >= 4 is 32.4 Å². The van der Waals surface area contributed by atoms with Gasteiger partial charge in [0.1, 0.15) is 6.10 Å². The summed E-state index contributed by atoms with van der Waals surface area (Å²) >= 11 is 3.50. The lowest BCUT2D eigenvalue weighted by Crippen LogP contribution is -2.56. The number of ether oxygens (including phenoxy) is 2. The fourth-order valence-electron chi connectivity index (χ4n) is 2.94. The van der Waals surface area contributed by atoms with Gasteiger partial charge in [-0.2, -0.15) is 0 Å². The van der Waals surface area contributed by atoms with Crippen molar-refractivity contribution in [2.24, 2.45) is 0 Å². The number of anilines is 1. The molecular formula is C17H20BrNO2. The average molecular weight is 350 g/mol. The molecule has 1 aliphatic carbocycles. The van der Waals surface area contributed by atoms with Crippen LogP contribution in [-0.4, -0.2) is 32.0 Å². The van der Waals surface area contributed by atoms with E-state index in [0.717, 1.165) is 23.2 Å². The fourth-order valence-corrected chi connectivity index (χ4v) is 3.32. The standard InChI is InChI=1S/C17H20BrNO2/c1-3-21-16-10-15(17(16)20-2)19-14-7-5-11-8-13(18)6-4-12(11)9-14/h4-9,15-17,19H,3,10H2,1-2H3. The number of rotatable bonds is 5. The Balaban J connectivity index is 1.72. The molecule has 3 rings (SSSR count). The molecule has 1 saturated carbocycles. The predicted octanol–water partition coefficient (Wildman–Crippen LogP) is 4.21. The molecule has 0 amide bonds. The third-order valence-electron chi connectivity index (χ3n) is 4.06. The number of halogens is 1. The van der Waals surface area contributed by atoms with E-state index in [1.165, 1.54) is 10.8 Å². The maximum atomic E-state index is 5.66. The molecular weight excluding hydrogens is 330 g/mol. The third-order valence-corrected chi connectivity index (χ3v) is 4.55. The first kappa shape index (κ1) is 14.8. The van der Waals surface area contributed by atoms with Crippen LogP contribution in [-0.2, 0) is 9.47 Å². The van der Waals surface area contributed by atoms with E-state index in [1.807, 2.05) is 6.92 Å². The zero-order valence-corrected chi connectivity index (χ0v) is 13.9. The van der Waals surface area contributed by atoms with Crippen LogP contribution >= 0.6 is 15.9 Å². The van der Waals surface area contributed by atoms with Gasteiger partial charge in [0.25, 0.3) is 0 Å². The largest absolute Gasteiger partial charge is 0.379 e. The summed E-state index contributed by atoms with van der Waals surface area (Å²) in [7, 11) is 1.75. The molecule has 2 aromatic rings. The van der Waals surface area contributed by atoms with Crippen molar-refractivity contribution in [3.8, 4) is 0 Å². The molecule has 0 aromatic heterocycles. The van der Waals surface area contributed by atoms with Gasteiger partial charge < -0.3 is 14.8 Å². The third kappa shape index (κ3) is 3.07. The van der Waals surface area contributed by atoms with Gasteiger partial charge in [0, 0.05) is 23.9 Å². The van der Waals surface area contributed by atoms with Crippen molar-refractivity contribution in [3.63, 3.8) is 0 Å². The molecule has 1 fully saturated rings. The summed E-state index contributed by atoms with van der Waals surface area (Å²) in [5.74, 6) is 0. The van der Waals surface area contributed by atoms with Gasteiger partial charge in [-0.3, -0.25) is 0 Å². The van der Waals surface area contributed by atoms with Crippen LogP contribution in [0.2, 0.25) is 0 Å². The highest BCUT2D eigenvalue weighted by Crippen LogP contribution is 2.31. The molecule has 0 radical (unpaired) electrons. The molecule has 0 spiro atoms. The number of fused-ring (bicyclic) bond motifs is 1. The van der Waals surface area contributed by atoms with Gasteiger partial charge >= 0.3 is 0 Å². The summed E-state index contributed by atoms with van der Waals surface area (Å²) in [6.45, 7) is 2.76. The number of hydrogen-bond donors (Lipinski definition) is 1. The monoisotopic (exact) mass is 349 g/mol. The van der Waals surface area contributed by atoms with E-state index in [0.29, 0.717) is 6.04 Å². The maximum Gasteiger partial charge on any atom is 0.103 e. The second-order valence-corrected chi connectivity index (χ2v) is 6.30. The van der Waals surface area contributed by atoms with Crippen LogP contribution in [0.5, 0.6) is 0 Å². The molecule has 2 aromatic carbocycles. The van der Waals surface area contributed by atoms with E-state index in [9.17, 15) is 0 Å². The fraction of sp³-hybridized carbons (Fsp3) is 0.412. The Morgan fingerprint density at radius 2 is 1.95 bits per heavy atom. The van der Waals surface area contributed by atoms with Gasteiger partial charge in [-0.15, -0.1) is 0 Å². The first-order valence-corrected chi connectivity index (χ1v) is 8.11. The Hall–Kier alpha value is -1.10. The molecule has 0 saturated heterocycles. The zero-order valence-electron chi connectivity index (χ0n) is 12.3. The summed E-state index contributed by atoms with van der Waals surface area (Å²) in [6, 6.07) is 13.1. The van der Waals surface area contributed by atoms with Crippen LogP contribution in [0.1, 0.15) is 13.3 Å². The van der Waals surface area contributed by atoms with Gasteiger partial charge in [-0.25, -0.2) is 0 Å². The Bertz CT molecular complexity index is 631. The first-order valence-electron chi connectivity index (χ1n) is 7.31. The number of hydrogen-bond acceptors (Lipinski definition) is 3. The van der Waals surface area contributed by atoms with Gasteiger partial charge in [-0.1, -0.05) is 28.1 Å². The molecule has 3 atom stereocenters. The van der Waals surface area contributed by atoms with Crippen LogP contribution in [0.4, 0.5) is 5.69 Å². The zero-order chi connectivity index (χ0) is 14.8. The summed E-state index contributed by atoms with van der Waals surface area (Å²) < 4.78 is 12.3. The normalized spacial score (nSPS) is 24.8. The van der Waals surface area contributed by atoms with Crippen molar-refractivity contribution in [2.75, 3.05) is 19.0 Å². The van der Waals surface area contributed by atoms with E-state index in [1.54, 1.807) is 7.11 Å². The highest BCUT2D eigenvalue weighted by atomic mass is 79.9. The Kier molecular flexibility index (Phi) is 4.48. The molecule has 1 aliphatic rings. The van der Waals surface area contributed by atoms with E-state index in [2.05, 4.69) is 57.6 Å². The van der Waals surface area contributed by atoms with Crippen molar-refractivity contribution in [1.82, 2.24) is 0 Å². The van der Waals surface area contributed by atoms with Crippen molar-refractivity contribution in [1.29, 1.82) is 0 Å². The molecule has 1 N–H and O–H groups in total. The Morgan fingerprint density at radius 1 is 1.19 bits per heavy atom. The van der Waals surface area contributed by atoms with Gasteiger partial charge in [-0.05, 0) is 48.4 Å². The molecule has 3 nitrogen and oxygen atoms in total. The van der Waals surface area contributed by atoms with Crippen molar-refractivity contribution in [2.45, 2.75) is 31.6 Å².